The second-order valence-corrected chi connectivity index (χ2v) is 6.09. The Morgan fingerprint density at radius 1 is 1.24 bits per heavy atom. The summed E-state index contributed by atoms with van der Waals surface area (Å²) in [7, 11) is 0. The molecule has 4 nitrogen and oxygen atoms in total. The Morgan fingerprint density at radius 3 is 2.57 bits per heavy atom. The second kappa shape index (κ2) is 8.32. The van der Waals surface area contributed by atoms with Crippen LogP contribution in [0.2, 0.25) is 0 Å². The van der Waals surface area contributed by atoms with Crippen LogP contribution in [0.4, 0.5) is 0 Å². The summed E-state index contributed by atoms with van der Waals surface area (Å²) in [6.45, 7) is 9.44. The number of carbonyl (C=O) groups is 1. The van der Waals surface area contributed by atoms with Gasteiger partial charge in [0.15, 0.2) is 0 Å². The van der Waals surface area contributed by atoms with Crippen LogP contribution in [0, 0.1) is 0 Å². The fraction of sp³-hybridized carbons (Fsp3) is 0.438. The average Bonchev–Trinajstić information content (AvgIpc) is 2.49. The second-order valence-electron chi connectivity index (χ2n) is 5.24. The zero-order chi connectivity index (χ0) is 15.1. The van der Waals surface area contributed by atoms with Crippen molar-refractivity contribution in [3.8, 4) is 0 Å². The summed E-state index contributed by atoms with van der Waals surface area (Å²) in [4.78, 5) is 16.3. The van der Waals surface area contributed by atoms with Crippen molar-refractivity contribution in [1.29, 1.82) is 0 Å². The third-order valence-electron chi connectivity index (χ3n) is 3.63. The predicted octanol–water partition coefficient (Wildman–Crippen LogP) is 1.87. The van der Waals surface area contributed by atoms with Gasteiger partial charge in [-0.25, -0.2) is 0 Å². The lowest BCUT2D eigenvalue weighted by Crippen LogP contribution is -2.49. The molecule has 0 bridgehead atoms. The van der Waals surface area contributed by atoms with Gasteiger partial charge in [0.1, 0.15) is 0 Å². The highest BCUT2D eigenvalue weighted by molar-refractivity contribution is 9.10. The van der Waals surface area contributed by atoms with Crippen LogP contribution in [-0.2, 0) is 11.3 Å². The molecular formula is C16H22BrN3O. The molecule has 1 saturated heterocycles. The lowest BCUT2D eigenvalue weighted by molar-refractivity contribution is -0.122. The van der Waals surface area contributed by atoms with E-state index in [0.29, 0.717) is 13.1 Å². The molecule has 0 aromatic heterocycles. The van der Waals surface area contributed by atoms with Gasteiger partial charge in [-0.15, -0.1) is 6.58 Å². The van der Waals surface area contributed by atoms with Crippen molar-refractivity contribution in [3.63, 3.8) is 0 Å². The molecule has 2 rings (SSSR count). The number of carbonyl (C=O) groups excluding carboxylic acids is 1. The molecule has 0 unspecified atom stereocenters. The average molecular weight is 352 g/mol. The van der Waals surface area contributed by atoms with Crippen molar-refractivity contribution < 1.29 is 4.79 Å². The molecule has 0 radical (unpaired) electrons. The van der Waals surface area contributed by atoms with E-state index in [9.17, 15) is 4.79 Å². The van der Waals surface area contributed by atoms with Gasteiger partial charge in [0.25, 0.3) is 0 Å². The number of nitrogens with zero attached hydrogens (tertiary/aromatic N) is 2. The molecule has 0 spiro atoms. The number of hydrogen-bond donors (Lipinski definition) is 1. The van der Waals surface area contributed by atoms with Crippen molar-refractivity contribution in [2.45, 2.75) is 6.54 Å². The Hall–Kier alpha value is -1.17. The first-order valence-electron chi connectivity index (χ1n) is 7.24. The largest absolute Gasteiger partial charge is 0.352 e. The third kappa shape index (κ3) is 5.26. The quantitative estimate of drug-likeness (QED) is 0.794. The van der Waals surface area contributed by atoms with Crippen molar-refractivity contribution in [2.75, 3.05) is 39.3 Å². The summed E-state index contributed by atoms with van der Waals surface area (Å²) in [5, 5.41) is 2.82. The van der Waals surface area contributed by atoms with Crippen molar-refractivity contribution in [3.05, 3.63) is 47.0 Å². The maximum absolute atomic E-state index is 11.7. The van der Waals surface area contributed by atoms with Crippen LogP contribution in [0.25, 0.3) is 0 Å². The van der Waals surface area contributed by atoms with E-state index in [-0.39, 0.29) is 5.91 Å². The van der Waals surface area contributed by atoms with Crippen LogP contribution < -0.4 is 5.32 Å². The van der Waals surface area contributed by atoms with E-state index >= 15 is 0 Å². The molecule has 1 fully saturated rings. The van der Waals surface area contributed by atoms with Gasteiger partial charge in [0.05, 0.1) is 6.54 Å². The zero-order valence-corrected chi connectivity index (χ0v) is 13.8. The molecule has 0 atom stereocenters. The van der Waals surface area contributed by atoms with Crippen LogP contribution in [0.15, 0.2) is 41.4 Å². The van der Waals surface area contributed by atoms with Gasteiger partial charge < -0.3 is 5.32 Å². The van der Waals surface area contributed by atoms with E-state index in [2.05, 4.69) is 55.8 Å². The molecule has 1 aliphatic heterocycles. The van der Waals surface area contributed by atoms with Gasteiger partial charge in [0, 0.05) is 43.7 Å². The Labute approximate surface area is 134 Å². The fourth-order valence-electron chi connectivity index (χ4n) is 2.42. The minimum Gasteiger partial charge on any atom is -0.352 e. The van der Waals surface area contributed by atoms with Gasteiger partial charge in [-0.2, -0.15) is 0 Å². The zero-order valence-electron chi connectivity index (χ0n) is 12.2. The molecule has 1 aromatic carbocycles. The highest BCUT2D eigenvalue weighted by Crippen LogP contribution is 2.18. The van der Waals surface area contributed by atoms with Crippen LogP contribution in [0.1, 0.15) is 5.56 Å². The summed E-state index contributed by atoms with van der Waals surface area (Å²) in [6, 6.07) is 8.34. The standard InChI is InChI=1S/C16H22BrN3O/c1-2-7-18-16(21)13-20-10-8-19(9-11-20)12-14-5-3-4-6-15(14)17/h2-6H,1,7-13H2,(H,18,21). The monoisotopic (exact) mass is 351 g/mol. The summed E-state index contributed by atoms with van der Waals surface area (Å²) in [6.07, 6.45) is 1.70. The molecule has 21 heavy (non-hydrogen) atoms. The van der Waals surface area contributed by atoms with E-state index in [0.717, 1.165) is 37.2 Å². The SMILES string of the molecule is C=CCNC(=O)CN1CCN(Cc2ccccc2Br)CC1. The Kier molecular flexibility index (Phi) is 6.42. The van der Waals surface area contributed by atoms with Gasteiger partial charge in [-0.1, -0.05) is 40.2 Å². The van der Waals surface area contributed by atoms with Gasteiger partial charge in [-0.05, 0) is 11.6 Å². The molecule has 5 heteroatoms. The van der Waals surface area contributed by atoms with Gasteiger partial charge >= 0.3 is 0 Å². The van der Waals surface area contributed by atoms with E-state index < -0.39 is 0 Å². The van der Waals surface area contributed by atoms with Crippen molar-refractivity contribution in [2.24, 2.45) is 0 Å². The number of amides is 1. The summed E-state index contributed by atoms with van der Waals surface area (Å²) in [5.41, 5.74) is 1.31. The lowest BCUT2D eigenvalue weighted by atomic mass is 10.2. The topological polar surface area (TPSA) is 35.6 Å². The number of piperazine rings is 1. The molecule has 0 aliphatic carbocycles. The summed E-state index contributed by atoms with van der Waals surface area (Å²) >= 11 is 3.59. The molecule has 1 aromatic rings. The smallest absolute Gasteiger partial charge is 0.234 e. The van der Waals surface area contributed by atoms with Gasteiger partial charge in [0.2, 0.25) is 5.91 Å². The van der Waals surface area contributed by atoms with Crippen LogP contribution >= 0.6 is 15.9 Å². The minimum atomic E-state index is 0.0779. The number of halogens is 1. The van der Waals surface area contributed by atoms with Crippen LogP contribution in [0.5, 0.6) is 0 Å². The molecular weight excluding hydrogens is 330 g/mol. The number of nitrogens with one attached hydrogen (secondary N) is 1. The highest BCUT2D eigenvalue weighted by atomic mass is 79.9. The first-order valence-corrected chi connectivity index (χ1v) is 8.04. The Morgan fingerprint density at radius 2 is 1.90 bits per heavy atom. The van der Waals surface area contributed by atoms with Crippen LogP contribution in [0.3, 0.4) is 0 Å². The van der Waals surface area contributed by atoms with E-state index in [1.807, 2.05) is 6.07 Å². The minimum absolute atomic E-state index is 0.0779. The predicted molar refractivity (Wildman–Crippen MR) is 89.1 cm³/mol. The lowest BCUT2D eigenvalue weighted by Gasteiger charge is -2.34. The molecule has 1 heterocycles. The normalized spacial score (nSPS) is 16.6. The third-order valence-corrected chi connectivity index (χ3v) is 4.40. The summed E-state index contributed by atoms with van der Waals surface area (Å²) < 4.78 is 1.16. The van der Waals surface area contributed by atoms with E-state index in [4.69, 9.17) is 0 Å². The number of benzene rings is 1. The van der Waals surface area contributed by atoms with Crippen molar-refractivity contribution >= 4 is 21.8 Å². The fourth-order valence-corrected chi connectivity index (χ4v) is 2.83. The molecule has 0 saturated carbocycles. The number of hydrogen-bond acceptors (Lipinski definition) is 3. The first-order chi connectivity index (χ1) is 10.2. The maximum Gasteiger partial charge on any atom is 0.234 e. The highest BCUT2D eigenvalue weighted by Gasteiger charge is 2.19. The van der Waals surface area contributed by atoms with E-state index in [1.54, 1.807) is 6.08 Å². The first kappa shape index (κ1) is 16.2. The Balaban J connectivity index is 1.74. The molecule has 1 amide bonds. The van der Waals surface area contributed by atoms with Gasteiger partial charge in [-0.3, -0.25) is 14.6 Å². The van der Waals surface area contributed by atoms with E-state index in [1.165, 1.54) is 5.56 Å². The maximum atomic E-state index is 11.7. The van der Waals surface area contributed by atoms with Crippen molar-refractivity contribution in [1.82, 2.24) is 15.1 Å². The molecule has 114 valence electrons. The molecule has 1 N–H and O–H groups in total. The Bertz CT molecular complexity index is 484. The number of rotatable bonds is 6. The van der Waals surface area contributed by atoms with Crippen LogP contribution in [-0.4, -0.2) is 55.0 Å². The molecule has 1 aliphatic rings. The summed E-state index contributed by atoms with van der Waals surface area (Å²) in [5.74, 6) is 0.0779.